The zero-order valence-electron chi connectivity index (χ0n) is 13.3. The molecule has 1 saturated heterocycles. The molecule has 0 saturated carbocycles. The largest absolute Gasteiger partial charge is 0.416 e. The van der Waals surface area contributed by atoms with E-state index in [0.717, 1.165) is 44.3 Å². The predicted octanol–water partition coefficient (Wildman–Crippen LogP) is 1.95. The standard InChI is InChI=1S/C15H21F3N2O3S/c1-23-8-7-20-6-5-12(11-20)10-19-24(21,22)14-4-2-3-13(9-14)15(16,17)18/h2-4,9,12,19H,5-8,10-11H2,1H3. The van der Waals surface area contributed by atoms with Crippen molar-refractivity contribution < 1.29 is 26.3 Å². The predicted molar refractivity (Wildman–Crippen MR) is 83.1 cm³/mol. The first kappa shape index (κ1) is 19.2. The number of alkyl halides is 3. The number of methoxy groups -OCH3 is 1. The van der Waals surface area contributed by atoms with Gasteiger partial charge in [-0.1, -0.05) is 6.07 Å². The molecule has 9 heteroatoms. The number of hydrogen-bond acceptors (Lipinski definition) is 4. The molecule has 0 amide bonds. The number of nitrogens with one attached hydrogen (secondary N) is 1. The maximum atomic E-state index is 12.7. The summed E-state index contributed by atoms with van der Waals surface area (Å²) in [6.07, 6.45) is -3.73. The van der Waals surface area contributed by atoms with E-state index >= 15 is 0 Å². The van der Waals surface area contributed by atoms with E-state index < -0.39 is 21.8 Å². The topological polar surface area (TPSA) is 58.6 Å². The highest BCUT2D eigenvalue weighted by Gasteiger charge is 2.32. The van der Waals surface area contributed by atoms with Crippen LogP contribution in [0.5, 0.6) is 0 Å². The minimum absolute atomic E-state index is 0.141. The van der Waals surface area contributed by atoms with E-state index in [4.69, 9.17) is 4.74 Å². The zero-order chi connectivity index (χ0) is 17.8. The second-order valence-corrected chi connectivity index (χ2v) is 7.59. The third-order valence-corrected chi connectivity index (χ3v) is 5.44. The molecule has 1 N–H and O–H groups in total. The number of benzene rings is 1. The minimum atomic E-state index is -4.57. The number of ether oxygens (including phenoxy) is 1. The van der Waals surface area contributed by atoms with Gasteiger partial charge in [-0.15, -0.1) is 0 Å². The summed E-state index contributed by atoms with van der Waals surface area (Å²) in [7, 11) is -2.34. The van der Waals surface area contributed by atoms with Crippen molar-refractivity contribution in [3.8, 4) is 0 Å². The highest BCUT2D eigenvalue weighted by Crippen LogP contribution is 2.30. The molecule has 5 nitrogen and oxygen atoms in total. The van der Waals surface area contributed by atoms with Crippen LogP contribution in [0.3, 0.4) is 0 Å². The van der Waals surface area contributed by atoms with Crippen LogP contribution in [0.25, 0.3) is 0 Å². The molecule has 1 aliphatic heterocycles. The molecule has 1 atom stereocenters. The number of halogens is 3. The lowest BCUT2D eigenvalue weighted by Crippen LogP contribution is -2.32. The monoisotopic (exact) mass is 366 g/mol. The minimum Gasteiger partial charge on any atom is -0.383 e. The number of rotatable bonds is 7. The maximum absolute atomic E-state index is 12.7. The summed E-state index contributed by atoms with van der Waals surface area (Å²) in [5, 5.41) is 0. The van der Waals surface area contributed by atoms with Crippen LogP contribution in [-0.2, 0) is 20.9 Å². The SMILES string of the molecule is COCCN1CCC(CNS(=O)(=O)c2cccc(C(F)(F)F)c2)C1. The summed E-state index contributed by atoms with van der Waals surface area (Å²) < 4.78 is 69.9. The summed E-state index contributed by atoms with van der Waals surface area (Å²) in [5.41, 5.74) is -0.975. The van der Waals surface area contributed by atoms with Crippen LogP contribution >= 0.6 is 0 Å². The van der Waals surface area contributed by atoms with Gasteiger partial charge in [-0.3, -0.25) is 0 Å². The Morgan fingerprint density at radius 2 is 2.12 bits per heavy atom. The van der Waals surface area contributed by atoms with Crippen LogP contribution in [0.4, 0.5) is 13.2 Å². The molecule has 0 aromatic heterocycles. The molecule has 1 aliphatic rings. The van der Waals surface area contributed by atoms with E-state index in [0.29, 0.717) is 12.7 Å². The van der Waals surface area contributed by atoms with E-state index in [9.17, 15) is 21.6 Å². The number of nitrogens with zero attached hydrogens (tertiary/aromatic N) is 1. The number of sulfonamides is 1. The molecule has 24 heavy (non-hydrogen) atoms. The van der Waals surface area contributed by atoms with Gasteiger partial charge in [0, 0.05) is 26.7 Å². The molecule has 0 bridgehead atoms. The van der Waals surface area contributed by atoms with Crippen LogP contribution in [0.1, 0.15) is 12.0 Å². The first-order valence-corrected chi connectivity index (χ1v) is 9.09. The highest BCUT2D eigenvalue weighted by molar-refractivity contribution is 7.89. The van der Waals surface area contributed by atoms with Crippen molar-refractivity contribution in [2.45, 2.75) is 17.5 Å². The van der Waals surface area contributed by atoms with Gasteiger partial charge in [-0.25, -0.2) is 13.1 Å². The fraction of sp³-hybridized carbons (Fsp3) is 0.600. The normalized spacial score (nSPS) is 19.8. The van der Waals surface area contributed by atoms with Crippen molar-refractivity contribution in [1.82, 2.24) is 9.62 Å². The average Bonchev–Trinajstić information content (AvgIpc) is 2.98. The summed E-state index contributed by atoms with van der Waals surface area (Å²) >= 11 is 0. The Hall–Kier alpha value is -1.16. The average molecular weight is 366 g/mol. The van der Waals surface area contributed by atoms with E-state index in [-0.39, 0.29) is 17.4 Å². The fourth-order valence-corrected chi connectivity index (χ4v) is 3.82. The molecule has 1 aromatic rings. The molecule has 0 radical (unpaired) electrons. The van der Waals surface area contributed by atoms with Crippen molar-refractivity contribution in [2.24, 2.45) is 5.92 Å². The summed E-state index contributed by atoms with van der Waals surface area (Å²) in [6, 6.07) is 3.77. The van der Waals surface area contributed by atoms with Crippen molar-refractivity contribution in [3.63, 3.8) is 0 Å². The Balaban J connectivity index is 1.95. The molecule has 1 heterocycles. The first-order chi connectivity index (χ1) is 11.2. The summed E-state index contributed by atoms with van der Waals surface area (Å²) in [6.45, 7) is 3.21. The third-order valence-electron chi connectivity index (χ3n) is 4.02. The molecule has 2 rings (SSSR count). The Morgan fingerprint density at radius 1 is 1.38 bits per heavy atom. The Bertz CT molecular complexity index is 650. The third kappa shape index (κ3) is 5.17. The van der Waals surface area contributed by atoms with Gasteiger partial charge in [0.1, 0.15) is 0 Å². The Labute approximate surface area is 139 Å². The Morgan fingerprint density at radius 3 is 2.79 bits per heavy atom. The molecule has 1 unspecified atom stereocenters. The molecular formula is C15H21F3N2O3S. The molecule has 1 aromatic carbocycles. The zero-order valence-corrected chi connectivity index (χ0v) is 14.2. The van der Waals surface area contributed by atoms with Crippen LogP contribution in [0, 0.1) is 5.92 Å². The number of likely N-dealkylation sites (tertiary alicyclic amines) is 1. The van der Waals surface area contributed by atoms with E-state index in [1.807, 2.05) is 0 Å². The van der Waals surface area contributed by atoms with Crippen molar-refractivity contribution in [2.75, 3.05) is 39.9 Å². The summed E-state index contributed by atoms with van der Waals surface area (Å²) in [5.74, 6) is 0.141. The van der Waals surface area contributed by atoms with Gasteiger partial charge in [0.2, 0.25) is 10.0 Å². The van der Waals surface area contributed by atoms with Gasteiger partial charge < -0.3 is 9.64 Å². The number of hydrogen-bond donors (Lipinski definition) is 1. The second-order valence-electron chi connectivity index (χ2n) is 5.83. The van der Waals surface area contributed by atoms with Gasteiger partial charge in [0.25, 0.3) is 0 Å². The lowest BCUT2D eigenvalue weighted by atomic mass is 10.1. The van der Waals surface area contributed by atoms with Crippen molar-refractivity contribution in [1.29, 1.82) is 0 Å². The van der Waals surface area contributed by atoms with Gasteiger partial charge >= 0.3 is 6.18 Å². The van der Waals surface area contributed by atoms with Gasteiger partial charge in [0.15, 0.2) is 0 Å². The van der Waals surface area contributed by atoms with Crippen molar-refractivity contribution in [3.05, 3.63) is 29.8 Å². The quantitative estimate of drug-likeness (QED) is 0.801. The van der Waals surface area contributed by atoms with E-state index in [1.165, 1.54) is 0 Å². The van der Waals surface area contributed by atoms with E-state index in [2.05, 4.69) is 9.62 Å². The first-order valence-electron chi connectivity index (χ1n) is 7.60. The van der Waals surface area contributed by atoms with Crippen LogP contribution < -0.4 is 4.72 Å². The Kier molecular flexibility index (Phi) is 6.24. The van der Waals surface area contributed by atoms with Gasteiger partial charge in [-0.05, 0) is 37.1 Å². The lowest BCUT2D eigenvalue weighted by molar-refractivity contribution is -0.137. The fourth-order valence-electron chi connectivity index (χ4n) is 2.65. The highest BCUT2D eigenvalue weighted by atomic mass is 32.2. The van der Waals surface area contributed by atoms with Crippen molar-refractivity contribution >= 4 is 10.0 Å². The van der Waals surface area contributed by atoms with Crippen LogP contribution in [0.2, 0.25) is 0 Å². The van der Waals surface area contributed by atoms with E-state index in [1.54, 1.807) is 7.11 Å². The molecule has 0 aliphatic carbocycles. The van der Waals surface area contributed by atoms with Crippen LogP contribution in [0.15, 0.2) is 29.2 Å². The van der Waals surface area contributed by atoms with Crippen LogP contribution in [-0.4, -0.2) is 53.2 Å². The molecule has 1 fully saturated rings. The molecule has 136 valence electrons. The van der Waals surface area contributed by atoms with Gasteiger partial charge in [-0.2, -0.15) is 13.2 Å². The maximum Gasteiger partial charge on any atom is 0.416 e. The summed E-state index contributed by atoms with van der Waals surface area (Å²) in [4.78, 5) is 1.80. The van der Waals surface area contributed by atoms with Gasteiger partial charge in [0.05, 0.1) is 17.1 Å². The molecular weight excluding hydrogens is 345 g/mol. The second kappa shape index (κ2) is 7.81. The smallest absolute Gasteiger partial charge is 0.383 e. The molecule has 0 spiro atoms. The lowest BCUT2D eigenvalue weighted by Gasteiger charge is -2.16.